The number of aromatic nitrogens is 5. The van der Waals surface area contributed by atoms with Crippen LogP contribution < -0.4 is 0 Å². The Morgan fingerprint density at radius 1 is 1.19 bits per heavy atom. The first-order chi connectivity index (χ1) is 10.0. The monoisotopic (exact) mass is 299 g/mol. The molecule has 21 heavy (non-hydrogen) atoms. The lowest BCUT2D eigenvalue weighted by Gasteiger charge is -2.07. The van der Waals surface area contributed by atoms with Gasteiger partial charge in [-0.1, -0.05) is 6.42 Å². The molecule has 0 spiro atoms. The second-order valence-electron chi connectivity index (χ2n) is 5.13. The van der Waals surface area contributed by atoms with Crippen LogP contribution in [0.25, 0.3) is 11.5 Å². The van der Waals surface area contributed by atoms with E-state index >= 15 is 0 Å². The standard InChI is InChI=1S/C13H16F3N5/c1-2-21-9(8-10(19-21)13(14,15)16)12-18-17-11-6-4-3-5-7-20(11)12/h8H,2-7H2,1H3. The number of halogens is 3. The first-order valence-electron chi connectivity index (χ1n) is 7.08. The zero-order chi connectivity index (χ0) is 15.0. The molecule has 0 atom stereocenters. The zero-order valence-electron chi connectivity index (χ0n) is 11.7. The molecule has 0 fully saturated rings. The van der Waals surface area contributed by atoms with Gasteiger partial charge in [-0.3, -0.25) is 4.68 Å². The summed E-state index contributed by atoms with van der Waals surface area (Å²) in [4.78, 5) is 0. The van der Waals surface area contributed by atoms with Crippen molar-refractivity contribution in [1.82, 2.24) is 24.5 Å². The molecule has 0 saturated carbocycles. The number of hydrogen-bond acceptors (Lipinski definition) is 3. The highest BCUT2D eigenvalue weighted by Gasteiger charge is 2.35. The Morgan fingerprint density at radius 3 is 2.71 bits per heavy atom. The first kappa shape index (κ1) is 14.1. The molecule has 2 aromatic rings. The van der Waals surface area contributed by atoms with Crippen LogP contribution in [0.1, 0.15) is 37.7 Å². The van der Waals surface area contributed by atoms with E-state index in [-0.39, 0.29) is 0 Å². The van der Waals surface area contributed by atoms with Crippen molar-refractivity contribution in [2.45, 2.75) is 51.9 Å². The van der Waals surface area contributed by atoms with E-state index in [2.05, 4.69) is 15.3 Å². The van der Waals surface area contributed by atoms with Gasteiger partial charge in [-0.2, -0.15) is 18.3 Å². The highest BCUT2D eigenvalue weighted by atomic mass is 19.4. The van der Waals surface area contributed by atoms with Gasteiger partial charge in [-0.25, -0.2) is 0 Å². The molecule has 0 aromatic carbocycles. The van der Waals surface area contributed by atoms with E-state index in [4.69, 9.17) is 0 Å². The summed E-state index contributed by atoms with van der Waals surface area (Å²) in [6.45, 7) is 2.86. The van der Waals surface area contributed by atoms with Crippen LogP contribution in [-0.4, -0.2) is 24.5 Å². The Morgan fingerprint density at radius 2 is 2.00 bits per heavy atom. The third kappa shape index (κ3) is 2.54. The van der Waals surface area contributed by atoms with Gasteiger partial charge in [0.1, 0.15) is 11.5 Å². The van der Waals surface area contributed by atoms with Crippen molar-refractivity contribution in [2.24, 2.45) is 0 Å². The molecule has 0 aliphatic carbocycles. The first-order valence-corrected chi connectivity index (χ1v) is 7.08. The van der Waals surface area contributed by atoms with Crippen LogP contribution in [0.4, 0.5) is 13.2 Å². The lowest BCUT2D eigenvalue weighted by atomic mass is 10.2. The van der Waals surface area contributed by atoms with Gasteiger partial charge in [0, 0.05) is 19.5 Å². The van der Waals surface area contributed by atoms with Crippen molar-refractivity contribution in [2.75, 3.05) is 0 Å². The van der Waals surface area contributed by atoms with Gasteiger partial charge in [0.05, 0.1) is 0 Å². The molecular weight excluding hydrogens is 283 g/mol. The highest BCUT2D eigenvalue weighted by molar-refractivity contribution is 5.51. The van der Waals surface area contributed by atoms with Crippen molar-refractivity contribution in [3.8, 4) is 11.5 Å². The maximum absolute atomic E-state index is 12.8. The Hall–Kier alpha value is -1.86. The summed E-state index contributed by atoms with van der Waals surface area (Å²) < 4.78 is 41.8. The quantitative estimate of drug-likeness (QED) is 0.856. The topological polar surface area (TPSA) is 48.5 Å². The SMILES string of the molecule is CCn1nc(C(F)(F)F)cc1-c1nnc2n1CCCCC2. The molecule has 0 saturated heterocycles. The third-order valence-corrected chi connectivity index (χ3v) is 3.71. The molecule has 0 bridgehead atoms. The summed E-state index contributed by atoms with van der Waals surface area (Å²) in [5, 5.41) is 11.9. The van der Waals surface area contributed by atoms with Gasteiger partial charge in [0.2, 0.25) is 0 Å². The lowest BCUT2D eigenvalue weighted by molar-refractivity contribution is -0.141. The van der Waals surface area contributed by atoms with Crippen LogP contribution in [0.3, 0.4) is 0 Å². The van der Waals surface area contributed by atoms with Crippen molar-refractivity contribution < 1.29 is 13.2 Å². The Kier molecular flexibility index (Phi) is 3.46. The summed E-state index contributed by atoms with van der Waals surface area (Å²) in [6.07, 6.45) is -0.497. The number of fused-ring (bicyclic) bond motifs is 1. The molecule has 1 aliphatic heterocycles. The van der Waals surface area contributed by atoms with Gasteiger partial charge in [0.15, 0.2) is 11.5 Å². The summed E-state index contributed by atoms with van der Waals surface area (Å²) in [6, 6.07) is 1.06. The van der Waals surface area contributed by atoms with E-state index < -0.39 is 11.9 Å². The smallest absolute Gasteiger partial charge is 0.310 e. The van der Waals surface area contributed by atoms with E-state index in [1.165, 1.54) is 4.68 Å². The van der Waals surface area contributed by atoms with Crippen LogP contribution in [0, 0.1) is 0 Å². The molecule has 0 amide bonds. The number of aryl methyl sites for hydroxylation is 2. The molecular formula is C13H16F3N5. The highest BCUT2D eigenvalue weighted by Crippen LogP contribution is 2.32. The van der Waals surface area contributed by atoms with E-state index in [9.17, 15) is 13.2 Å². The number of alkyl halides is 3. The number of rotatable bonds is 2. The largest absolute Gasteiger partial charge is 0.435 e. The molecule has 3 heterocycles. The zero-order valence-corrected chi connectivity index (χ0v) is 11.7. The van der Waals surface area contributed by atoms with Crippen LogP contribution in [-0.2, 0) is 25.7 Å². The van der Waals surface area contributed by atoms with Gasteiger partial charge >= 0.3 is 6.18 Å². The maximum Gasteiger partial charge on any atom is 0.435 e. The third-order valence-electron chi connectivity index (χ3n) is 3.71. The molecule has 3 rings (SSSR count). The summed E-state index contributed by atoms with van der Waals surface area (Å²) in [5.41, 5.74) is -0.504. The fourth-order valence-electron chi connectivity index (χ4n) is 2.65. The number of hydrogen-bond donors (Lipinski definition) is 0. The Labute approximate surface area is 119 Å². The minimum atomic E-state index is -4.45. The molecule has 8 heteroatoms. The average Bonchev–Trinajstić information content (AvgIpc) is 2.95. The van der Waals surface area contributed by atoms with Crippen molar-refractivity contribution in [1.29, 1.82) is 0 Å². The minimum Gasteiger partial charge on any atom is -0.310 e. The van der Waals surface area contributed by atoms with Gasteiger partial charge < -0.3 is 4.57 Å². The fourth-order valence-corrected chi connectivity index (χ4v) is 2.65. The fraction of sp³-hybridized carbons (Fsp3) is 0.615. The van der Waals surface area contributed by atoms with Gasteiger partial charge in [0.25, 0.3) is 0 Å². The van der Waals surface area contributed by atoms with Gasteiger partial charge in [-0.15, -0.1) is 10.2 Å². The van der Waals surface area contributed by atoms with Crippen molar-refractivity contribution >= 4 is 0 Å². The minimum absolute atomic E-state index is 0.355. The van der Waals surface area contributed by atoms with Crippen molar-refractivity contribution in [3.63, 3.8) is 0 Å². The van der Waals surface area contributed by atoms with Crippen LogP contribution in [0.15, 0.2) is 6.07 Å². The molecule has 0 radical (unpaired) electrons. The van der Waals surface area contributed by atoms with Crippen molar-refractivity contribution in [3.05, 3.63) is 17.6 Å². The van der Waals surface area contributed by atoms with E-state index in [0.717, 1.165) is 44.1 Å². The Balaban J connectivity index is 2.08. The second-order valence-corrected chi connectivity index (χ2v) is 5.13. The van der Waals surface area contributed by atoms with Crippen LogP contribution in [0.2, 0.25) is 0 Å². The average molecular weight is 299 g/mol. The summed E-state index contributed by atoms with van der Waals surface area (Å²) >= 11 is 0. The lowest BCUT2D eigenvalue weighted by Crippen LogP contribution is -2.08. The normalized spacial score (nSPS) is 15.8. The predicted octanol–water partition coefficient (Wildman–Crippen LogP) is 2.91. The van der Waals surface area contributed by atoms with E-state index in [0.29, 0.717) is 18.1 Å². The van der Waals surface area contributed by atoms with Crippen LogP contribution in [0.5, 0.6) is 0 Å². The van der Waals surface area contributed by atoms with E-state index in [1.807, 2.05) is 4.57 Å². The number of nitrogens with zero attached hydrogens (tertiary/aromatic N) is 5. The molecule has 0 N–H and O–H groups in total. The molecule has 2 aromatic heterocycles. The molecule has 1 aliphatic rings. The summed E-state index contributed by atoms with van der Waals surface area (Å²) in [7, 11) is 0. The molecule has 0 unspecified atom stereocenters. The molecule has 114 valence electrons. The second kappa shape index (κ2) is 5.16. The van der Waals surface area contributed by atoms with E-state index in [1.54, 1.807) is 6.92 Å². The van der Waals surface area contributed by atoms with Crippen LogP contribution >= 0.6 is 0 Å². The molecule has 5 nitrogen and oxygen atoms in total. The Bertz CT molecular complexity index is 641. The maximum atomic E-state index is 12.8. The van der Waals surface area contributed by atoms with Gasteiger partial charge in [-0.05, 0) is 25.8 Å². The predicted molar refractivity (Wildman–Crippen MR) is 69.5 cm³/mol. The summed E-state index contributed by atoms with van der Waals surface area (Å²) in [5.74, 6) is 1.33.